The Morgan fingerprint density at radius 3 is 2.45 bits per heavy atom. The number of rotatable bonds is 7. The van der Waals surface area contributed by atoms with Gasteiger partial charge in [-0.25, -0.2) is 0 Å². The van der Waals surface area contributed by atoms with Crippen LogP contribution in [0.5, 0.6) is 0 Å². The molecule has 1 N–H and O–H groups in total. The molecule has 1 aromatic carbocycles. The number of hydrogen-bond donors (Lipinski definition) is 1. The first-order valence-electron chi connectivity index (χ1n) is 7.76. The fourth-order valence-electron chi connectivity index (χ4n) is 3.07. The van der Waals surface area contributed by atoms with Gasteiger partial charge in [-0.05, 0) is 24.8 Å². The third kappa shape index (κ3) is 3.21. The summed E-state index contributed by atoms with van der Waals surface area (Å²) in [6.07, 6.45) is 4.83. The molecule has 110 valence electrons. The van der Waals surface area contributed by atoms with Crippen molar-refractivity contribution in [1.29, 1.82) is 0 Å². The number of aryl methyl sites for hydroxylation is 1. The molecule has 1 atom stereocenters. The lowest BCUT2D eigenvalue weighted by Gasteiger charge is -2.21. The Kier molecular flexibility index (Phi) is 5.18. The fraction of sp³-hybridized carbons (Fsp3) is 0.588. The average Bonchev–Trinajstić information content (AvgIpc) is 2.76. The summed E-state index contributed by atoms with van der Waals surface area (Å²) in [7, 11) is 1.97. The third-order valence-electron chi connectivity index (χ3n) is 4.10. The monoisotopic (exact) mass is 274 g/mol. The van der Waals surface area contributed by atoms with Crippen LogP contribution in [-0.2, 0) is 13.5 Å². The van der Waals surface area contributed by atoms with Gasteiger partial charge in [0.05, 0.1) is 17.3 Å². The summed E-state index contributed by atoms with van der Waals surface area (Å²) in [5, 5.41) is 16.3. The Morgan fingerprint density at radius 2 is 1.80 bits per heavy atom. The molecule has 3 nitrogen and oxygen atoms in total. The molecule has 0 aliphatic carbocycles. The molecular weight excluding hydrogens is 248 g/mol. The van der Waals surface area contributed by atoms with Crippen LogP contribution in [0, 0.1) is 5.92 Å². The maximum Gasteiger partial charge on any atom is 0.0729 e. The minimum atomic E-state index is -0.284. The first-order chi connectivity index (χ1) is 9.67. The minimum Gasteiger partial charge on any atom is -0.392 e. The molecular formula is C17H26N2O. The summed E-state index contributed by atoms with van der Waals surface area (Å²) in [6.45, 7) is 4.37. The highest BCUT2D eigenvalue weighted by Gasteiger charge is 2.20. The van der Waals surface area contributed by atoms with Crippen molar-refractivity contribution in [2.75, 3.05) is 0 Å². The Balaban J connectivity index is 2.18. The fourth-order valence-corrected chi connectivity index (χ4v) is 3.07. The molecule has 0 aliphatic heterocycles. The highest BCUT2D eigenvalue weighted by molar-refractivity contribution is 5.81. The molecule has 0 bridgehead atoms. The van der Waals surface area contributed by atoms with Gasteiger partial charge in [0, 0.05) is 18.9 Å². The van der Waals surface area contributed by atoms with Crippen LogP contribution in [-0.4, -0.2) is 21.0 Å². The van der Waals surface area contributed by atoms with Gasteiger partial charge in [0.15, 0.2) is 0 Å². The molecule has 0 spiro atoms. The standard InChI is InChI=1S/C17H26N2O/c1-4-8-13(9-5-2)17(20)12-15-14-10-6-7-11-16(14)19(3)18-15/h6-7,10-11,13,17,20H,4-5,8-9,12H2,1-3H3. The van der Waals surface area contributed by atoms with Crippen LogP contribution in [0.25, 0.3) is 10.9 Å². The van der Waals surface area contributed by atoms with Crippen molar-refractivity contribution in [3.05, 3.63) is 30.0 Å². The second-order valence-electron chi connectivity index (χ2n) is 5.70. The maximum absolute atomic E-state index is 10.5. The highest BCUT2D eigenvalue weighted by atomic mass is 16.3. The van der Waals surface area contributed by atoms with Crippen LogP contribution in [0.15, 0.2) is 24.3 Å². The average molecular weight is 274 g/mol. The number of aromatic nitrogens is 2. The van der Waals surface area contributed by atoms with Crippen LogP contribution in [0.2, 0.25) is 0 Å². The van der Waals surface area contributed by atoms with Crippen molar-refractivity contribution in [3.8, 4) is 0 Å². The third-order valence-corrected chi connectivity index (χ3v) is 4.10. The lowest BCUT2D eigenvalue weighted by molar-refractivity contribution is 0.0956. The summed E-state index contributed by atoms with van der Waals surface area (Å²) in [5.41, 5.74) is 2.16. The van der Waals surface area contributed by atoms with Gasteiger partial charge in [-0.1, -0.05) is 44.9 Å². The molecule has 0 aliphatic rings. The lowest BCUT2D eigenvalue weighted by atomic mass is 9.89. The summed E-state index contributed by atoms with van der Waals surface area (Å²) in [4.78, 5) is 0. The SMILES string of the molecule is CCCC(CCC)C(O)Cc1nn(C)c2ccccc12. The number of hydrogen-bond acceptors (Lipinski definition) is 2. The number of para-hydroxylation sites is 1. The van der Waals surface area contributed by atoms with E-state index in [4.69, 9.17) is 0 Å². The predicted octanol–water partition coefficient (Wildman–Crippen LogP) is 3.69. The zero-order valence-electron chi connectivity index (χ0n) is 12.8. The zero-order valence-corrected chi connectivity index (χ0v) is 12.8. The van der Waals surface area contributed by atoms with Gasteiger partial charge in [0.1, 0.15) is 0 Å². The quantitative estimate of drug-likeness (QED) is 0.836. The number of nitrogens with zero attached hydrogens (tertiary/aromatic N) is 2. The van der Waals surface area contributed by atoms with Crippen molar-refractivity contribution < 1.29 is 5.11 Å². The molecule has 1 unspecified atom stereocenters. The van der Waals surface area contributed by atoms with E-state index in [0.717, 1.165) is 36.9 Å². The molecule has 1 aromatic heterocycles. The molecule has 0 saturated heterocycles. The molecule has 0 radical (unpaired) electrons. The predicted molar refractivity (Wildman–Crippen MR) is 83.7 cm³/mol. The second-order valence-corrected chi connectivity index (χ2v) is 5.70. The first kappa shape index (κ1) is 15.0. The van der Waals surface area contributed by atoms with E-state index in [1.54, 1.807) is 0 Å². The van der Waals surface area contributed by atoms with Crippen molar-refractivity contribution in [1.82, 2.24) is 9.78 Å². The zero-order chi connectivity index (χ0) is 14.5. The highest BCUT2D eigenvalue weighted by Crippen LogP contribution is 2.24. The van der Waals surface area contributed by atoms with Crippen LogP contribution in [0.3, 0.4) is 0 Å². The van der Waals surface area contributed by atoms with E-state index in [2.05, 4.69) is 31.1 Å². The van der Waals surface area contributed by atoms with Crippen LogP contribution < -0.4 is 0 Å². The second kappa shape index (κ2) is 6.89. The van der Waals surface area contributed by atoms with Crippen LogP contribution >= 0.6 is 0 Å². The molecule has 0 amide bonds. The molecule has 0 saturated carbocycles. The van der Waals surface area contributed by atoms with Crippen LogP contribution in [0.4, 0.5) is 0 Å². The van der Waals surface area contributed by atoms with Crippen LogP contribution in [0.1, 0.15) is 45.2 Å². The van der Waals surface area contributed by atoms with Gasteiger partial charge < -0.3 is 5.11 Å². The van der Waals surface area contributed by atoms with Crippen molar-refractivity contribution >= 4 is 10.9 Å². The Morgan fingerprint density at radius 1 is 1.15 bits per heavy atom. The van der Waals surface area contributed by atoms with E-state index < -0.39 is 0 Å². The number of aliphatic hydroxyl groups excluding tert-OH is 1. The number of aliphatic hydroxyl groups is 1. The lowest BCUT2D eigenvalue weighted by Crippen LogP contribution is -2.23. The largest absolute Gasteiger partial charge is 0.392 e. The Hall–Kier alpha value is -1.35. The van der Waals surface area contributed by atoms with Crippen molar-refractivity contribution in [2.24, 2.45) is 13.0 Å². The summed E-state index contributed by atoms with van der Waals surface area (Å²) in [5.74, 6) is 0.394. The van der Waals surface area contributed by atoms with E-state index in [-0.39, 0.29) is 6.10 Å². The van der Waals surface area contributed by atoms with E-state index in [0.29, 0.717) is 12.3 Å². The molecule has 2 rings (SSSR count). The molecule has 1 heterocycles. The van der Waals surface area contributed by atoms with E-state index in [9.17, 15) is 5.11 Å². The van der Waals surface area contributed by atoms with Crippen molar-refractivity contribution in [3.63, 3.8) is 0 Å². The summed E-state index contributed by atoms with van der Waals surface area (Å²) < 4.78 is 1.91. The molecule has 3 heteroatoms. The normalized spacial score (nSPS) is 13.2. The Labute approximate surface area is 121 Å². The smallest absolute Gasteiger partial charge is 0.0729 e. The summed E-state index contributed by atoms with van der Waals surface area (Å²) >= 11 is 0. The maximum atomic E-state index is 10.5. The Bertz CT molecular complexity index is 541. The van der Waals surface area contributed by atoms with Gasteiger partial charge >= 0.3 is 0 Å². The van der Waals surface area contributed by atoms with Gasteiger partial charge in [-0.15, -0.1) is 0 Å². The van der Waals surface area contributed by atoms with Gasteiger partial charge in [-0.2, -0.15) is 5.10 Å². The van der Waals surface area contributed by atoms with E-state index in [1.807, 2.05) is 23.9 Å². The number of fused-ring (bicyclic) bond motifs is 1. The molecule has 0 fully saturated rings. The van der Waals surface area contributed by atoms with E-state index >= 15 is 0 Å². The van der Waals surface area contributed by atoms with Gasteiger partial charge in [0.25, 0.3) is 0 Å². The molecule has 2 aromatic rings. The van der Waals surface area contributed by atoms with Crippen molar-refractivity contribution in [2.45, 2.75) is 52.1 Å². The topological polar surface area (TPSA) is 38.1 Å². The number of benzene rings is 1. The van der Waals surface area contributed by atoms with Gasteiger partial charge in [-0.3, -0.25) is 4.68 Å². The molecule has 20 heavy (non-hydrogen) atoms. The van der Waals surface area contributed by atoms with E-state index in [1.165, 1.54) is 5.39 Å². The van der Waals surface area contributed by atoms with Gasteiger partial charge in [0.2, 0.25) is 0 Å². The minimum absolute atomic E-state index is 0.284. The summed E-state index contributed by atoms with van der Waals surface area (Å²) in [6, 6.07) is 8.24. The first-order valence-corrected chi connectivity index (χ1v) is 7.76.